The van der Waals surface area contributed by atoms with Gasteiger partial charge in [0.1, 0.15) is 6.04 Å². The monoisotopic (exact) mass is 515 g/mol. The number of morpholine rings is 1. The Bertz CT molecular complexity index is 1190. The first-order valence-electron chi connectivity index (χ1n) is 11.8. The van der Waals surface area contributed by atoms with Crippen LogP contribution in [0.15, 0.2) is 42.5 Å². The van der Waals surface area contributed by atoms with Crippen molar-refractivity contribution in [1.82, 2.24) is 4.90 Å². The van der Waals surface area contributed by atoms with Crippen LogP contribution in [0.2, 0.25) is 0 Å². The Labute approximate surface area is 212 Å². The Morgan fingerprint density at radius 3 is 2.19 bits per heavy atom. The van der Waals surface area contributed by atoms with Crippen LogP contribution in [0.25, 0.3) is 0 Å². The molecule has 0 spiro atoms. The number of hydrogen-bond donors (Lipinski definition) is 1. The smallest absolute Gasteiger partial charge is 0.340 e. The predicted molar refractivity (Wildman–Crippen MR) is 130 cm³/mol. The molecular formula is C26H27F2N3O6. The number of anilines is 2. The van der Waals surface area contributed by atoms with E-state index in [9.17, 15) is 28.0 Å². The maximum atomic E-state index is 13.5. The summed E-state index contributed by atoms with van der Waals surface area (Å²) in [5, 5.41) is 2.46. The maximum absolute atomic E-state index is 13.5. The van der Waals surface area contributed by atoms with Gasteiger partial charge in [-0.3, -0.25) is 19.3 Å². The van der Waals surface area contributed by atoms with Gasteiger partial charge in [-0.1, -0.05) is 12.1 Å². The van der Waals surface area contributed by atoms with E-state index in [4.69, 9.17) is 9.47 Å². The molecule has 2 aliphatic rings. The van der Waals surface area contributed by atoms with Crippen LogP contribution in [-0.2, 0) is 14.3 Å². The fourth-order valence-electron chi connectivity index (χ4n) is 4.71. The Morgan fingerprint density at radius 1 is 1.05 bits per heavy atom. The molecule has 3 atom stereocenters. The molecule has 11 heteroatoms. The summed E-state index contributed by atoms with van der Waals surface area (Å²) in [6, 6.07) is 8.76. The molecule has 2 heterocycles. The number of fused-ring (bicyclic) bond motifs is 1. The van der Waals surface area contributed by atoms with E-state index in [0.29, 0.717) is 23.7 Å². The first-order valence-corrected chi connectivity index (χ1v) is 11.8. The zero-order valence-electron chi connectivity index (χ0n) is 20.6. The summed E-state index contributed by atoms with van der Waals surface area (Å²) in [6.45, 7) is 5.02. The van der Waals surface area contributed by atoms with Gasteiger partial charge in [-0.2, -0.15) is 0 Å². The van der Waals surface area contributed by atoms with Crippen LogP contribution in [0.4, 0.5) is 20.2 Å². The minimum Gasteiger partial charge on any atom is -0.465 e. The minimum atomic E-state index is -2.98. The first kappa shape index (κ1) is 26.2. The van der Waals surface area contributed by atoms with Gasteiger partial charge >= 0.3 is 5.97 Å². The lowest BCUT2D eigenvalue weighted by Crippen LogP contribution is -2.48. The summed E-state index contributed by atoms with van der Waals surface area (Å²) in [5.74, 6) is -3.44. The van der Waals surface area contributed by atoms with Crippen LogP contribution in [-0.4, -0.2) is 73.5 Å². The minimum absolute atomic E-state index is 0.00157. The number of carbonyl (C=O) groups excluding carboxylic acids is 4. The normalized spacial score (nSPS) is 20.2. The van der Waals surface area contributed by atoms with Crippen LogP contribution < -0.4 is 10.2 Å². The highest BCUT2D eigenvalue weighted by Crippen LogP contribution is 2.30. The van der Waals surface area contributed by atoms with Crippen molar-refractivity contribution in [2.45, 2.75) is 44.9 Å². The second-order valence-electron chi connectivity index (χ2n) is 9.04. The van der Waals surface area contributed by atoms with E-state index < -0.39 is 42.6 Å². The van der Waals surface area contributed by atoms with Crippen molar-refractivity contribution in [3.8, 4) is 0 Å². The average molecular weight is 516 g/mol. The molecule has 4 rings (SSSR count). The van der Waals surface area contributed by atoms with Gasteiger partial charge in [-0.15, -0.1) is 0 Å². The second kappa shape index (κ2) is 10.6. The van der Waals surface area contributed by atoms with Gasteiger partial charge in [0.2, 0.25) is 12.3 Å². The molecule has 1 unspecified atom stereocenters. The van der Waals surface area contributed by atoms with E-state index in [1.165, 1.54) is 43.5 Å². The zero-order valence-corrected chi connectivity index (χ0v) is 20.6. The lowest BCUT2D eigenvalue weighted by Gasteiger charge is -2.37. The lowest BCUT2D eigenvalue weighted by atomic mass is 10.1. The number of benzene rings is 2. The van der Waals surface area contributed by atoms with Crippen LogP contribution in [0.5, 0.6) is 0 Å². The molecule has 2 aliphatic heterocycles. The van der Waals surface area contributed by atoms with E-state index in [1.807, 2.05) is 18.7 Å². The molecule has 1 N–H and O–H groups in total. The van der Waals surface area contributed by atoms with Crippen LogP contribution in [0.1, 0.15) is 51.3 Å². The van der Waals surface area contributed by atoms with E-state index in [2.05, 4.69) is 5.32 Å². The third-order valence-corrected chi connectivity index (χ3v) is 6.29. The molecule has 0 saturated carbocycles. The van der Waals surface area contributed by atoms with Crippen LogP contribution in [0, 0.1) is 0 Å². The molecule has 9 nitrogen and oxygen atoms in total. The molecular weight excluding hydrogens is 488 g/mol. The number of hydrogen-bond acceptors (Lipinski definition) is 7. The molecule has 37 heavy (non-hydrogen) atoms. The number of esters is 1. The molecule has 1 saturated heterocycles. The summed E-state index contributed by atoms with van der Waals surface area (Å²) in [7, 11) is 1.18. The number of nitrogens with zero attached hydrogens (tertiary/aromatic N) is 2. The quantitative estimate of drug-likeness (QED) is 0.445. The third-order valence-electron chi connectivity index (χ3n) is 6.29. The number of ether oxygens (including phenoxy) is 2. The molecule has 0 aromatic heterocycles. The van der Waals surface area contributed by atoms with E-state index in [1.54, 1.807) is 6.07 Å². The number of amides is 3. The van der Waals surface area contributed by atoms with Crippen molar-refractivity contribution in [3.05, 3.63) is 59.2 Å². The van der Waals surface area contributed by atoms with Gasteiger partial charge in [-0.25, -0.2) is 13.6 Å². The van der Waals surface area contributed by atoms with Gasteiger partial charge in [0.25, 0.3) is 11.8 Å². The topological polar surface area (TPSA) is 105 Å². The van der Waals surface area contributed by atoms with Crippen molar-refractivity contribution in [1.29, 1.82) is 0 Å². The summed E-state index contributed by atoms with van der Waals surface area (Å²) in [6.07, 6.45) is -4.13. The fraction of sp³-hybridized carbons (Fsp3) is 0.385. The third kappa shape index (κ3) is 5.31. The average Bonchev–Trinajstić information content (AvgIpc) is 3.11. The van der Waals surface area contributed by atoms with E-state index in [0.717, 1.165) is 0 Å². The van der Waals surface area contributed by atoms with Gasteiger partial charge in [0.05, 0.1) is 41.7 Å². The molecule has 196 valence electrons. The highest BCUT2D eigenvalue weighted by atomic mass is 19.3. The van der Waals surface area contributed by atoms with Crippen molar-refractivity contribution >= 4 is 35.1 Å². The van der Waals surface area contributed by atoms with Gasteiger partial charge in [0.15, 0.2) is 0 Å². The molecule has 2 aromatic rings. The van der Waals surface area contributed by atoms with Crippen molar-refractivity contribution in [2.24, 2.45) is 0 Å². The van der Waals surface area contributed by atoms with Gasteiger partial charge < -0.3 is 19.7 Å². The predicted octanol–water partition coefficient (Wildman–Crippen LogP) is 3.35. The zero-order chi connectivity index (χ0) is 26.9. The number of imide groups is 1. The highest BCUT2D eigenvalue weighted by Gasteiger charge is 2.44. The van der Waals surface area contributed by atoms with E-state index in [-0.39, 0.29) is 34.6 Å². The Hall–Kier alpha value is -3.86. The number of rotatable bonds is 7. The Balaban J connectivity index is 1.64. The second-order valence-corrected chi connectivity index (χ2v) is 9.04. The van der Waals surface area contributed by atoms with Gasteiger partial charge in [0, 0.05) is 25.2 Å². The maximum Gasteiger partial charge on any atom is 0.340 e. The first-order chi connectivity index (χ1) is 17.6. The van der Waals surface area contributed by atoms with Crippen molar-refractivity contribution < 1.29 is 37.4 Å². The number of halogens is 2. The van der Waals surface area contributed by atoms with Gasteiger partial charge in [-0.05, 0) is 44.2 Å². The molecule has 0 aliphatic carbocycles. The highest BCUT2D eigenvalue weighted by molar-refractivity contribution is 6.23. The molecule has 2 aromatic carbocycles. The summed E-state index contributed by atoms with van der Waals surface area (Å²) < 4.78 is 37.6. The molecule has 3 amide bonds. The number of methoxy groups -OCH3 is 1. The summed E-state index contributed by atoms with van der Waals surface area (Å²) in [4.78, 5) is 54.1. The largest absolute Gasteiger partial charge is 0.465 e. The van der Waals surface area contributed by atoms with Crippen LogP contribution in [0.3, 0.4) is 0 Å². The number of alkyl halides is 2. The standard InChI is InChI=1S/C26H27F2N3O6/c1-14-12-30(13-15(2)37-14)16-8-9-20(19(10-16)26(35)36-3)29-23(32)21(11-22(27)28)31-24(33)17-6-4-5-7-18(17)25(31)34/h4-10,14-15,21-22H,11-13H2,1-3H3,(H,29,32)/t14-,15?,21-/m0/s1. The van der Waals surface area contributed by atoms with E-state index >= 15 is 0 Å². The Morgan fingerprint density at radius 2 is 1.65 bits per heavy atom. The Kier molecular flexibility index (Phi) is 7.53. The SMILES string of the molecule is COC(=O)c1cc(N2CC(C)O[C@@H](C)C2)ccc1NC(=O)[C@H](CC(F)F)N1C(=O)c2ccccc2C1=O. The summed E-state index contributed by atoms with van der Waals surface area (Å²) >= 11 is 0. The van der Waals surface area contributed by atoms with Crippen molar-refractivity contribution in [3.63, 3.8) is 0 Å². The van der Waals surface area contributed by atoms with Crippen LogP contribution >= 0.6 is 0 Å². The fourth-order valence-corrected chi connectivity index (χ4v) is 4.71. The molecule has 0 radical (unpaired) electrons. The van der Waals surface area contributed by atoms with Crippen molar-refractivity contribution in [2.75, 3.05) is 30.4 Å². The molecule has 1 fully saturated rings. The lowest BCUT2D eigenvalue weighted by molar-refractivity contribution is -0.121. The number of nitrogens with one attached hydrogen (secondary N) is 1. The molecule has 0 bridgehead atoms. The summed E-state index contributed by atoms with van der Waals surface area (Å²) in [5.41, 5.74) is 0.760. The number of carbonyl (C=O) groups is 4.